The molecule has 0 saturated carbocycles. The normalized spacial score (nSPS) is 11.8. The van der Waals surface area contributed by atoms with Crippen molar-refractivity contribution in [3.8, 4) is 5.75 Å². The molecule has 0 aliphatic heterocycles. The Morgan fingerprint density at radius 1 is 1.26 bits per heavy atom. The van der Waals surface area contributed by atoms with Gasteiger partial charge in [-0.2, -0.15) is 0 Å². The number of likely N-dealkylation sites (N-methyl/N-ethyl adjacent to an activating group) is 1. The molecular weight excluding hydrogens is 316 g/mol. The average Bonchev–Trinajstić information content (AvgIpc) is 2.52. The number of carbonyl (C=O) groups is 1. The quantitative estimate of drug-likeness (QED) is 0.781. The summed E-state index contributed by atoms with van der Waals surface area (Å²) in [5.74, 6) is 0.0768. The molecule has 0 radical (unpaired) electrons. The summed E-state index contributed by atoms with van der Waals surface area (Å²) in [6.45, 7) is 2.38. The largest absolute Gasteiger partial charge is 0.508 e. The van der Waals surface area contributed by atoms with Crippen LogP contribution in [0.3, 0.4) is 0 Å². The second kappa shape index (κ2) is 7.85. The zero-order valence-corrected chi connectivity index (χ0v) is 13.5. The van der Waals surface area contributed by atoms with E-state index in [1.54, 1.807) is 36.4 Å². The molecule has 0 bridgehead atoms. The van der Waals surface area contributed by atoms with Crippen molar-refractivity contribution in [3.63, 3.8) is 0 Å². The maximum absolute atomic E-state index is 12.3. The summed E-state index contributed by atoms with van der Waals surface area (Å²) in [4.78, 5) is 13.8. The molecule has 3 N–H and O–H groups in total. The summed E-state index contributed by atoms with van der Waals surface area (Å²) in [5, 5.41) is 23.0. The fourth-order valence-corrected chi connectivity index (χ4v) is 2.36. The number of hydrogen-bond acceptors (Lipinski definition) is 3. The number of phenols is 1. The van der Waals surface area contributed by atoms with Crippen molar-refractivity contribution < 1.29 is 15.0 Å². The number of carbonyl (C=O) groups excluding carboxylic acids is 1. The van der Waals surface area contributed by atoms with Crippen molar-refractivity contribution in [2.45, 2.75) is 13.0 Å². The van der Waals surface area contributed by atoms with Gasteiger partial charge in [0.05, 0.1) is 12.6 Å². The topological polar surface area (TPSA) is 72.8 Å². The van der Waals surface area contributed by atoms with E-state index in [4.69, 9.17) is 11.6 Å². The molecule has 2 aromatic carbocycles. The summed E-state index contributed by atoms with van der Waals surface area (Å²) in [6.07, 6.45) is -0.882. The molecule has 2 amide bonds. The number of nitrogens with zero attached hydrogens (tertiary/aromatic N) is 1. The number of aromatic hydroxyl groups is 1. The van der Waals surface area contributed by atoms with Gasteiger partial charge in [0.15, 0.2) is 0 Å². The molecule has 1 atom stereocenters. The van der Waals surface area contributed by atoms with Gasteiger partial charge in [-0.05, 0) is 42.8 Å². The molecule has 2 aromatic rings. The van der Waals surface area contributed by atoms with E-state index in [9.17, 15) is 15.0 Å². The van der Waals surface area contributed by atoms with Gasteiger partial charge in [-0.15, -0.1) is 0 Å². The number of anilines is 1. The standard InChI is InChI=1S/C17H19ClN2O3/c1-2-20(11-16(22)12-5-3-8-15(21)9-12)17(23)19-14-7-4-6-13(18)10-14/h3-10,16,21-22H,2,11H2,1H3,(H,19,23)/t16-/m0/s1. The fourth-order valence-electron chi connectivity index (χ4n) is 2.17. The highest BCUT2D eigenvalue weighted by Gasteiger charge is 2.17. The van der Waals surface area contributed by atoms with Crippen LogP contribution in [0.5, 0.6) is 5.75 Å². The van der Waals surface area contributed by atoms with Crippen molar-refractivity contribution in [2.75, 3.05) is 18.4 Å². The number of benzene rings is 2. The molecule has 0 unspecified atom stereocenters. The van der Waals surface area contributed by atoms with Gasteiger partial charge in [0.2, 0.25) is 0 Å². The van der Waals surface area contributed by atoms with Crippen LogP contribution in [0.25, 0.3) is 0 Å². The van der Waals surface area contributed by atoms with Crippen LogP contribution in [0.4, 0.5) is 10.5 Å². The third kappa shape index (κ3) is 4.87. The van der Waals surface area contributed by atoms with Gasteiger partial charge in [0.25, 0.3) is 0 Å². The third-order valence-corrected chi connectivity index (χ3v) is 3.63. The molecule has 0 aliphatic rings. The molecular formula is C17H19ClN2O3. The molecule has 0 fully saturated rings. The lowest BCUT2D eigenvalue weighted by Crippen LogP contribution is -2.37. The molecule has 2 rings (SSSR count). The maximum atomic E-state index is 12.3. The molecule has 0 aromatic heterocycles. The molecule has 0 saturated heterocycles. The zero-order chi connectivity index (χ0) is 16.8. The third-order valence-electron chi connectivity index (χ3n) is 3.39. The minimum absolute atomic E-state index is 0.0768. The summed E-state index contributed by atoms with van der Waals surface area (Å²) < 4.78 is 0. The lowest BCUT2D eigenvalue weighted by Gasteiger charge is -2.24. The molecule has 0 aliphatic carbocycles. The van der Waals surface area contributed by atoms with Crippen LogP contribution in [-0.4, -0.2) is 34.2 Å². The van der Waals surface area contributed by atoms with Crippen LogP contribution in [0.15, 0.2) is 48.5 Å². The van der Waals surface area contributed by atoms with Crippen LogP contribution in [-0.2, 0) is 0 Å². The lowest BCUT2D eigenvalue weighted by atomic mass is 10.1. The number of urea groups is 1. The second-order valence-electron chi connectivity index (χ2n) is 5.09. The number of hydrogen-bond donors (Lipinski definition) is 3. The van der Waals surface area contributed by atoms with Gasteiger partial charge in [-0.3, -0.25) is 0 Å². The van der Waals surface area contributed by atoms with E-state index in [1.807, 2.05) is 6.92 Å². The maximum Gasteiger partial charge on any atom is 0.321 e. The van der Waals surface area contributed by atoms with Gasteiger partial charge in [0.1, 0.15) is 5.75 Å². The molecule has 0 spiro atoms. The predicted octanol–water partition coefficient (Wildman–Crippen LogP) is 3.63. The number of phenolic OH excluding ortho intramolecular Hbond substituents is 1. The Morgan fingerprint density at radius 3 is 2.65 bits per heavy atom. The highest BCUT2D eigenvalue weighted by molar-refractivity contribution is 6.30. The van der Waals surface area contributed by atoms with Crippen molar-refractivity contribution in [1.29, 1.82) is 0 Å². The predicted molar refractivity (Wildman–Crippen MR) is 90.8 cm³/mol. The number of rotatable bonds is 5. The van der Waals surface area contributed by atoms with Gasteiger partial charge in [0, 0.05) is 17.3 Å². The Kier molecular flexibility index (Phi) is 5.84. The van der Waals surface area contributed by atoms with E-state index >= 15 is 0 Å². The Hall–Kier alpha value is -2.24. The Bertz CT molecular complexity index is 678. The number of halogens is 1. The first-order chi connectivity index (χ1) is 11.0. The van der Waals surface area contributed by atoms with E-state index in [-0.39, 0.29) is 18.3 Å². The zero-order valence-electron chi connectivity index (χ0n) is 12.7. The first kappa shape index (κ1) is 17.1. The van der Waals surface area contributed by atoms with Gasteiger partial charge in [-0.25, -0.2) is 4.79 Å². The molecule has 0 heterocycles. The van der Waals surface area contributed by atoms with Gasteiger partial charge in [-0.1, -0.05) is 29.8 Å². The van der Waals surface area contributed by atoms with Crippen molar-refractivity contribution in [1.82, 2.24) is 4.90 Å². The summed E-state index contributed by atoms with van der Waals surface area (Å²) in [6, 6.07) is 12.9. The highest BCUT2D eigenvalue weighted by Crippen LogP contribution is 2.20. The minimum atomic E-state index is -0.882. The van der Waals surface area contributed by atoms with Crippen molar-refractivity contribution in [2.24, 2.45) is 0 Å². The van der Waals surface area contributed by atoms with Crippen LogP contribution < -0.4 is 5.32 Å². The van der Waals surface area contributed by atoms with E-state index in [0.29, 0.717) is 22.8 Å². The SMILES string of the molecule is CCN(C[C@H](O)c1cccc(O)c1)C(=O)Nc1cccc(Cl)c1. The molecule has 5 nitrogen and oxygen atoms in total. The van der Waals surface area contributed by atoms with Gasteiger partial charge >= 0.3 is 6.03 Å². The summed E-state index contributed by atoms with van der Waals surface area (Å²) >= 11 is 5.89. The fraction of sp³-hybridized carbons (Fsp3) is 0.235. The van der Waals surface area contributed by atoms with Crippen molar-refractivity contribution in [3.05, 3.63) is 59.1 Å². The highest BCUT2D eigenvalue weighted by atomic mass is 35.5. The Labute approximate surface area is 140 Å². The lowest BCUT2D eigenvalue weighted by molar-refractivity contribution is 0.128. The molecule has 122 valence electrons. The first-order valence-electron chi connectivity index (χ1n) is 7.28. The van der Waals surface area contributed by atoms with E-state index in [2.05, 4.69) is 5.32 Å². The Balaban J connectivity index is 2.02. The first-order valence-corrected chi connectivity index (χ1v) is 7.66. The van der Waals surface area contributed by atoms with E-state index in [0.717, 1.165) is 0 Å². The number of nitrogens with one attached hydrogen (secondary N) is 1. The average molecular weight is 335 g/mol. The van der Waals surface area contributed by atoms with Gasteiger partial charge < -0.3 is 20.4 Å². The number of amides is 2. The molecule has 23 heavy (non-hydrogen) atoms. The second-order valence-corrected chi connectivity index (χ2v) is 5.53. The van der Waals surface area contributed by atoms with Crippen molar-refractivity contribution >= 4 is 23.3 Å². The number of aliphatic hydroxyl groups is 1. The Morgan fingerprint density at radius 2 is 2.00 bits per heavy atom. The van der Waals surface area contributed by atoms with Crippen LogP contribution in [0, 0.1) is 0 Å². The minimum Gasteiger partial charge on any atom is -0.508 e. The monoisotopic (exact) mass is 334 g/mol. The van der Waals surface area contributed by atoms with E-state index in [1.165, 1.54) is 17.0 Å². The van der Waals surface area contributed by atoms with E-state index < -0.39 is 6.10 Å². The molecule has 6 heteroatoms. The number of aliphatic hydroxyl groups excluding tert-OH is 1. The summed E-state index contributed by atoms with van der Waals surface area (Å²) in [7, 11) is 0. The van der Waals surface area contributed by atoms with Crippen LogP contribution in [0.2, 0.25) is 5.02 Å². The van der Waals surface area contributed by atoms with Crippen LogP contribution >= 0.6 is 11.6 Å². The van der Waals surface area contributed by atoms with Crippen LogP contribution in [0.1, 0.15) is 18.6 Å². The smallest absolute Gasteiger partial charge is 0.321 e. The summed E-state index contributed by atoms with van der Waals surface area (Å²) in [5.41, 5.74) is 1.15.